The van der Waals surface area contributed by atoms with Gasteiger partial charge in [0.05, 0.1) is 25.8 Å². The molecule has 0 fully saturated rings. The van der Waals surface area contributed by atoms with E-state index in [1.165, 1.54) is 7.11 Å². The maximum Gasteiger partial charge on any atom is 0.255 e. The van der Waals surface area contributed by atoms with Crippen LogP contribution in [-0.4, -0.2) is 20.1 Å². The molecule has 0 saturated carbocycles. The fourth-order valence-corrected chi connectivity index (χ4v) is 2.47. The highest BCUT2D eigenvalue weighted by Gasteiger charge is 2.18. The van der Waals surface area contributed by atoms with E-state index in [0.29, 0.717) is 22.1 Å². The van der Waals surface area contributed by atoms with Crippen LogP contribution in [0.3, 0.4) is 0 Å². The Labute approximate surface area is 141 Å². The molecule has 1 atom stereocenters. The Bertz CT molecular complexity index is 670. The summed E-state index contributed by atoms with van der Waals surface area (Å²) in [6.07, 6.45) is 0.764. The molecule has 1 amide bonds. The van der Waals surface area contributed by atoms with Crippen molar-refractivity contribution in [3.05, 3.63) is 58.6 Å². The molecule has 2 aromatic carbocycles. The van der Waals surface area contributed by atoms with Crippen LogP contribution in [0.15, 0.2) is 42.5 Å². The Balaban J connectivity index is 2.24. The van der Waals surface area contributed by atoms with E-state index >= 15 is 0 Å². The second-order valence-electron chi connectivity index (χ2n) is 5.05. The molecule has 122 valence electrons. The van der Waals surface area contributed by atoms with Crippen molar-refractivity contribution in [1.29, 1.82) is 0 Å². The molecule has 0 aliphatic heterocycles. The number of halogens is 1. The highest BCUT2D eigenvalue weighted by Crippen LogP contribution is 2.26. The van der Waals surface area contributed by atoms with Crippen molar-refractivity contribution in [3.63, 3.8) is 0 Å². The summed E-state index contributed by atoms with van der Waals surface area (Å²) >= 11 is 5.92. The van der Waals surface area contributed by atoms with Crippen LogP contribution in [0.5, 0.6) is 11.5 Å². The van der Waals surface area contributed by atoms with Crippen molar-refractivity contribution in [2.45, 2.75) is 19.4 Å². The van der Waals surface area contributed by atoms with E-state index < -0.39 is 0 Å². The van der Waals surface area contributed by atoms with Crippen LogP contribution < -0.4 is 14.8 Å². The number of hydrogen-bond donors (Lipinski definition) is 1. The van der Waals surface area contributed by atoms with Crippen molar-refractivity contribution >= 4 is 17.5 Å². The Hall–Kier alpha value is -2.20. The second kappa shape index (κ2) is 7.88. The summed E-state index contributed by atoms with van der Waals surface area (Å²) in [7, 11) is 3.10. The smallest absolute Gasteiger partial charge is 0.255 e. The van der Waals surface area contributed by atoms with Gasteiger partial charge >= 0.3 is 0 Å². The molecule has 0 aliphatic carbocycles. The van der Waals surface area contributed by atoms with Crippen molar-refractivity contribution in [2.24, 2.45) is 0 Å². The highest BCUT2D eigenvalue weighted by atomic mass is 35.5. The number of carbonyl (C=O) groups is 1. The van der Waals surface area contributed by atoms with Crippen LogP contribution in [0.2, 0.25) is 5.02 Å². The maximum atomic E-state index is 12.6. The molecule has 0 aromatic heterocycles. The Kier molecular flexibility index (Phi) is 5.88. The number of carbonyl (C=O) groups excluding carboxylic acids is 1. The molecule has 0 bridgehead atoms. The standard InChI is InChI=1S/C18H20ClNO3/c1-4-16(12-5-7-13(19)8-6-12)20-18(21)15-11-14(22-2)9-10-17(15)23-3/h5-11,16H,4H2,1-3H3,(H,20,21). The van der Waals surface area contributed by atoms with Gasteiger partial charge in [-0.1, -0.05) is 30.7 Å². The fourth-order valence-electron chi connectivity index (χ4n) is 2.34. The summed E-state index contributed by atoms with van der Waals surface area (Å²) in [4.78, 5) is 12.6. The first-order valence-corrected chi connectivity index (χ1v) is 7.75. The van der Waals surface area contributed by atoms with E-state index in [0.717, 1.165) is 12.0 Å². The number of amides is 1. The van der Waals surface area contributed by atoms with Crippen molar-refractivity contribution < 1.29 is 14.3 Å². The summed E-state index contributed by atoms with van der Waals surface area (Å²) in [5, 5.41) is 3.70. The van der Waals surface area contributed by atoms with Crippen LogP contribution in [0, 0.1) is 0 Å². The number of rotatable bonds is 6. The molecular formula is C18H20ClNO3. The quantitative estimate of drug-likeness (QED) is 0.860. The predicted octanol–water partition coefficient (Wildman–Crippen LogP) is 4.24. The Morgan fingerprint density at radius 1 is 1.13 bits per heavy atom. The number of methoxy groups -OCH3 is 2. The van der Waals surface area contributed by atoms with Gasteiger partial charge in [0, 0.05) is 5.02 Å². The minimum absolute atomic E-state index is 0.101. The zero-order valence-corrected chi connectivity index (χ0v) is 14.2. The number of benzene rings is 2. The van der Waals surface area contributed by atoms with Gasteiger partial charge in [-0.05, 0) is 42.3 Å². The number of nitrogens with one attached hydrogen (secondary N) is 1. The molecule has 5 heteroatoms. The van der Waals surface area contributed by atoms with Gasteiger partial charge in [-0.15, -0.1) is 0 Å². The largest absolute Gasteiger partial charge is 0.497 e. The zero-order chi connectivity index (χ0) is 16.8. The SMILES string of the molecule is CCC(NC(=O)c1cc(OC)ccc1OC)c1ccc(Cl)cc1. The predicted molar refractivity (Wildman–Crippen MR) is 91.5 cm³/mol. The van der Waals surface area contributed by atoms with E-state index in [2.05, 4.69) is 5.32 Å². The van der Waals surface area contributed by atoms with Gasteiger partial charge in [-0.3, -0.25) is 4.79 Å². The average molecular weight is 334 g/mol. The third kappa shape index (κ3) is 4.17. The molecule has 0 heterocycles. The lowest BCUT2D eigenvalue weighted by Crippen LogP contribution is -2.28. The Morgan fingerprint density at radius 3 is 2.39 bits per heavy atom. The summed E-state index contributed by atoms with van der Waals surface area (Å²) in [6.45, 7) is 2.02. The van der Waals surface area contributed by atoms with Crippen LogP contribution in [-0.2, 0) is 0 Å². The van der Waals surface area contributed by atoms with Gasteiger partial charge in [-0.2, -0.15) is 0 Å². The molecule has 0 radical (unpaired) electrons. The van der Waals surface area contributed by atoms with Crippen molar-refractivity contribution in [2.75, 3.05) is 14.2 Å². The molecule has 0 saturated heterocycles. The molecule has 23 heavy (non-hydrogen) atoms. The van der Waals surface area contributed by atoms with Crippen molar-refractivity contribution in [3.8, 4) is 11.5 Å². The van der Waals surface area contributed by atoms with Gasteiger partial charge in [0.25, 0.3) is 5.91 Å². The molecule has 2 rings (SSSR count). The number of ether oxygens (including phenoxy) is 2. The topological polar surface area (TPSA) is 47.6 Å². The normalized spacial score (nSPS) is 11.7. The van der Waals surface area contributed by atoms with Gasteiger partial charge in [0.1, 0.15) is 11.5 Å². The molecule has 0 spiro atoms. The lowest BCUT2D eigenvalue weighted by molar-refractivity contribution is 0.0932. The maximum absolute atomic E-state index is 12.6. The lowest BCUT2D eigenvalue weighted by Gasteiger charge is -2.19. The summed E-state index contributed by atoms with van der Waals surface area (Å²) in [5.74, 6) is 0.910. The second-order valence-corrected chi connectivity index (χ2v) is 5.49. The molecule has 4 nitrogen and oxygen atoms in total. The van der Waals surface area contributed by atoms with Gasteiger partial charge in [0.2, 0.25) is 0 Å². The van der Waals surface area contributed by atoms with Gasteiger partial charge in [0.15, 0.2) is 0 Å². The minimum atomic E-state index is -0.206. The highest BCUT2D eigenvalue weighted by molar-refractivity contribution is 6.30. The molecule has 1 N–H and O–H groups in total. The molecule has 1 unspecified atom stereocenters. The first-order valence-electron chi connectivity index (χ1n) is 7.37. The minimum Gasteiger partial charge on any atom is -0.497 e. The summed E-state index contributed by atoms with van der Waals surface area (Å²) in [5.41, 5.74) is 1.45. The zero-order valence-electron chi connectivity index (χ0n) is 13.4. The number of hydrogen-bond acceptors (Lipinski definition) is 3. The van der Waals surface area contributed by atoms with Crippen molar-refractivity contribution in [1.82, 2.24) is 5.32 Å². The van der Waals surface area contributed by atoms with Crippen LogP contribution in [0.25, 0.3) is 0 Å². The van der Waals surface area contributed by atoms with Crippen LogP contribution >= 0.6 is 11.6 Å². The molecule has 0 aliphatic rings. The van der Waals surface area contributed by atoms with E-state index in [4.69, 9.17) is 21.1 Å². The fraction of sp³-hybridized carbons (Fsp3) is 0.278. The Morgan fingerprint density at radius 2 is 1.83 bits per heavy atom. The van der Waals surface area contributed by atoms with E-state index in [-0.39, 0.29) is 11.9 Å². The monoisotopic (exact) mass is 333 g/mol. The summed E-state index contributed by atoms with van der Waals surface area (Å²) in [6, 6.07) is 12.5. The first-order chi connectivity index (χ1) is 11.1. The lowest BCUT2D eigenvalue weighted by atomic mass is 10.0. The van der Waals surface area contributed by atoms with E-state index in [1.807, 2.05) is 31.2 Å². The van der Waals surface area contributed by atoms with E-state index in [1.54, 1.807) is 25.3 Å². The molecule has 2 aromatic rings. The van der Waals surface area contributed by atoms with E-state index in [9.17, 15) is 4.79 Å². The average Bonchev–Trinajstić information content (AvgIpc) is 2.59. The van der Waals surface area contributed by atoms with Gasteiger partial charge in [-0.25, -0.2) is 0 Å². The van der Waals surface area contributed by atoms with Crippen LogP contribution in [0.1, 0.15) is 35.3 Å². The molecular weight excluding hydrogens is 314 g/mol. The van der Waals surface area contributed by atoms with Gasteiger partial charge < -0.3 is 14.8 Å². The third-order valence-electron chi connectivity index (χ3n) is 3.64. The summed E-state index contributed by atoms with van der Waals surface area (Å²) < 4.78 is 10.5. The first kappa shape index (κ1) is 17.2. The third-order valence-corrected chi connectivity index (χ3v) is 3.89. The van der Waals surface area contributed by atoms with Crippen LogP contribution in [0.4, 0.5) is 0 Å².